The van der Waals surface area contributed by atoms with Gasteiger partial charge >= 0.3 is 5.97 Å². The SMILES string of the molecule is Cc1cc(Br)c(NC(N)=S)cc1C(=O)O. The van der Waals surface area contributed by atoms with E-state index >= 15 is 0 Å². The van der Waals surface area contributed by atoms with Crippen LogP contribution in [-0.4, -0.2) is 16.2 Å². The highest BCUT2D eigenvalue weighted by atomic mass is 79.9. The molecule has 1 aromatic rings. The molecule has 0 saturated carbocycles. The van der Waals surface area contributed by atoms with Crippen molar-refractivity contribution in [2.24, 2.45) is 5.73 Å². The lowest BCUT2D eigenvalue weighted by Gasteiger charge is -2.09. The van der Waals surface area contributed by atoms with Crippen LogP contribution in [0.4, 0.5) is 5.69 Å². The smallest absolute Gasteiger partial charge is 0.336 e. The molecule has 15 heavy (non-hydrogen) atoms. The number of thiocarbonyl (C=S) groups is 1. The number of hydrogen-bond donors (Lipinski definition) is 3. The van der Waals surface area contributed by atoms with E-state index in [1.165, 1.54) is 6.07 Å². The number of anilines is 1. The Hall–Kier alpha value is -1.14. The van der Waals surface area contributed by atoms with Gasteiger partial charge in [0.05, 0.1) is 11.3 Å². The molecule has 0 aliphatic rings. The number of benzene rings is 1. The average molecular weight is 289 g/mol. The van der Waals surface area contributed by atoms with E-state index in [4.69, 9.17) is 10.8 Å². The zero-order valence-corrected chi connectivity index (χ0v) is 10.3. The first-order chi connectivity index (χ1) is 6.91. The van der Waals surface area contributed by atoms with E-state index in [1.807, 2.05) is 0 Å². The van der Waals surface area contributed by atoms with Crippen LogP contribution in [0.3, 0.4) is 0 Å². The van der Waals surface area contributed by atoms with Gasteiger partial charge in [-0.2, -0.15) is 0 Å². The van der Waals surface area contributed by atoms with Gasteiger partial charge in [-0.3, -0.25) is 0 Å². The van der Waals surface area contributed by atoms with Gasteiger partial charge in [0.15, 0.2) is 5.11 Å². The third-order valence-corrected chi connectivity index (χ3v) is 2.56. The van der Waals surface area contributed by atoms with Crippen molar-refractivity contribution >= 4 is 44.9 Å². The van der Waals surface area contributed by atoms with Crippen LogP contribution in [-0.2, 0) is 0 Å². The van der Waals surface area contributed by atoms with Crippen LogP contribution in [0.15, 0.2) is 16.6 Å². The molecule has 1 rings (SSSR count). The Morgan fingerprint density at radius 2 is 2.20 bits per heavy atom. The predicted octanol–water partition coefficient (Wildman–Crippen LogP) is 2.11. The summed E-state index contributed by atoms with van der Waals surface area (Å²) in [7, 11) is 0. The number of carboxylic acid groups (broad SMARTS) is 1. The van der Waals surface area contributed by atoms with Crippen molar-refractivity contribution in [2.75, 3.05) is 5.32 Å². The number of nitrogens with one attached hydrogen (secondary N) is 1. The van der Waals surface area contributed by atoms with E-state index in [1.54, 1.807) is 13.0 Å². The monoisotopic (exact) mass is 288 g/mol. The summed E-state index contributed by atoms with van der Waals surface area (Å²) in [6, 6.07) is 3.19. The lowest BCUT2D eigenvalue weighted by Crippen LogP contribution is -2.19. The van der Waals surface area contributed by atoms with Gasteiger partial charge in [0.25, 0.3) is 0 Å². The standard InChI is InChI=1S/C9H9BrN2O2S/c1-4-2-6(10)7(12-9(11)15)3-5(4)8(13)14/h2-3H,1H3,(H,13,14)(H3,11,12,15). The van der Waals surface area contributed by atoms with Crippen LogP contribution < -0.4 is 11.1 Å². The topological polar surface area (TPSA) is 75.3 Å². The third kappa shape index (κ3) is 2.90. The summed E-state index contributed by atoms with van der Waals surface area (Å²) < 4.78 is 0.720. The van der Waals surface area contributed by atoms with Crippen molar-refractivity contribution in [1.82, 2.24) is 0 Å². The molecular weight excluding hydrogens is 280 g/mol. The van der Waals surface area contributed by atoms with Crippen molar-refractivity contribution in [2.45, 2.75) is 6.92 Å². The van der Waals surface area contributed by atoms with Gasteiger partial charge in [-0.15, -0.1) is 0 Å². The van der Waals surface area contributed by atoms with Crippen LogP contribution in [0.5, 0.6) is 0 Å². The van der Waals surface area contributed by atoms with Crippen LogP contribution >= 0.6 is 28.1 Å². The summed E-state index contributed by atoms with van der Waals surface area (Å²) in [4.78, 5) is 10.9. The van der Waals surface area contributed by atoms with Crippen LogP contribution in [0, 0.1) is 6.92 Å². The first-order valence-electron chi connectivity index (χ1n) is 4.01. The van der Waals surface area contributed by atoms with Gasteiger partial charge in [0.2, 0.25) is 0 Å². The lowest BCUT2D eigenvalue weighted by molar-refractivity contribution is 0.0696. The molecule has 80 valence electrons. The summed E-state index contributed by atoms with van der Waals surface area (Å²) in [6.45, 7) is 1.72. The van der Waals surface area contributed by atoms with E-state index in [-0.39, 0.29) is 10.7 Å². The first kappa shape index (κ1) is 11.9. The van der Waals surface area contributed by atoms with Gasteiger partial charge in [0.1, 0.15) is 0 Å². The normalized spacial score (nSPS) is 9.73. The molecule has 0 heterocycles. The fourth-order valence-electron chi connectivity index (χ4n) is 1.13. The zero-order chi connectivity index (χ0) is 11.6. The van der Waals surface area contributed by atoms with Gasteiger partial charge in [-0.25, -0.2) is 4.79 Å². The van der Waals surface area contributed by atoms with Gasteiger partial charge < -0.3 is 16.2 Å². The fourth-order valence-corrected chi connectivity index (χ4v) is 1.80. The molecule has 0 atom stereocenters. The first-order valence-corrected chi connectivity index (χ1v) is 5.22. The van der Waals surface area contributed by atoms with Crippen LogP contribution in [0.25, 0.3) is 0 Å². The number of hydrogen-bond acceptors (Lipinski definition) is 2. The molecule has 0 amide bonds. The molecule has 0 aliphatic carbocycles. The minimum absolute atomic E-state index is 0.0934. The summed E-state index contributed by atoms with van der Waals surface area (Å²) in [5.74, 6) is -0.981. The van der Waals surface area contributed by atoms with E-state index in [0.717, 1.165) is 4.47 Å². The second kappa shape index (κ2) is 4.59. The maximum atomic E-state index is 10.9. The Balaban J connectivity index is 3.23. The minimum Gasteiger partial charge on any atom is -0.478 e. The highest BCUT2D eigenvalue weighted by molar-refractivity contribution is 9.10. The Labute approximate surface area is 101 Å². The van der Waals surface area contributed by atoms with E-state index in [9.17, 15) is 4.79 Å². The minimum atomic E-state index is -0.981. The van der Waals surface area contributed by atoms with E-state index < -0.39 is 5.97 Å². The van der Waals surface area contributed by atoms with Crippen molar-refractivity contribution in [3.8, 4) is 0 Å². The quantitative estimate of drug-likeness (QED) is 0.727. The maximum absolute atomic E-state index is 10.9. The Kier molecular flexibility index (Phi) is 3.65. The van der Waals surface area contributed by atoms with Gasteiger partial charge in [-0.1, -0.05) is 0 Å². The van der Waals surface area contributed by atoms with Gasteiger partial charge in [-0.05, 0) is 52.8 Å². The molecule has 1 aromatic carbocycles. The molecule has 0 fully saturated rings. The second-order valence-corrected chi connectivity index (χ2v) is 4.24. The summed E-state index contributed by atoms with van der Waals surface area (Å²) in [5, 5.41) is 11.7. The lowest BCUT2D eigenvalue weighted by atomic mass is 10.1. The summed E-state index contributed by atoms with van der Waals surface area (Å²) in [5.41, 5.74) is 6.75. The Morgan fingerprint density at radius 3 is 2.67 bits per heavy atom. The Morgan fingerprint density at radius 1 is 1.60 bits per heavy atom. The molecule has 0 unspecified atom stereocenters. The average Bonchev–Trinajstić information content (AvgIpc) is 2.08. The number of halogens is 1. The van der Waals surface area contributed by atoms with Crippen molar-refractivity contribution in [3.05, 3.63) is 27.7 Å². The van der Waals surface area contributed by atoms with Crippen LogP contribution in [0.2, 0.25) is 0 Å². The van der Waals surface area contributed by atoms with E-state index in [0.29, 0.717) is 11.3 Å². The Bertz CT molecular complexity index is 434. The number of aryl methyl sites for hydroxylation is 1. The summed E-state index contributed by atoms with van der Waals surface area (Å²) >= 11 is 7.97. The molecule has 0 aliphatic heterocycles. The molecule has 6 heteroatoms. The molecular formula is C9H9BrN2O2S. The molecule has 0 radical (unpaired) electrons. The molecule has 4 nitrogen and oxygen atoms in total. The van der Waals surface area contributed by atoms with E-state index in [2.05, 4.69) is 33.5 Å². The van der Waals surface area contributed by atoms with Crippen LogP contribution in [0.1, 0.15) is 15.9 Å². The predicted molar refractivity (Wildman–Crippen MR) is 66.2 cm³/mol. The van der Waals surface area contributed by atoms with Crippen molar-refractivity contribution < 1.29 is 9.90 Å². The maximum Gasteiger partial charge on any atom is 0.336 e. The number of carboxylic acids is 1. The second-order valence-electron chi connectivity index (χ2n) is 2.94. The van der Waals surface area contributed by atoms with Crippen molar-refractivity contribution in [1.29, 1.82) is 0 Å². The van der Waals surface area contributed by atoms with Gasteiger partial charge in [0, 0.05) is 4.47 Å². The molecule has 0 spiro atoms. The highest BCUT2D eigenvalue weighted by Crippen LogP contribution is 2.26. The largest absolute Gasteiger partial charge is 0.478 e. The number of aromatic carboxylic acids is 1. The molecule has 0 aromatic heterocycles. The fraction of sp³-hybridized carbons (Fsp3) is 0.111. The number of carbonyl (C=O) groups is 1. The summed E-state index contributed by atoms with van der Waals surface area (Å²) in [6.07, 6.45) is 0. The molecule has 4 N–H and O–H groups in total. The number of nitrogens with two attached hydrogens (primary N) is 1. The molecule has 0 bridgehead atoms. The number of rotatable bonds is 2. The third-order valence-electron chi connectivity index (χ3n) is 1.80. The molecule has 0 saturated heterocycles. The van der Waals surface area contributed by atoms with Crippen molar-refractivity contribution in [3.63, 3.8) is 0 Å². The highest BCUT2D eigenvalue weighted by Gasteiger charge is 2.11. The zero-order valence-electron chi connectivity index (χ0n) is 7.87.